The summed E-state index contributed by atoms with van der Waals surface area (Å²) in [5.74, 6) is 0.783. The topological polar surface area (TPSA) is 69.5 Å². The van der Waals surface area contributed by atoms with E-state index in [1.54, 1.807) is 13.4 Å². The van der Waals surface area contributed by atoms with E-state index in [1.807, 2.05) is 33.8 Å². The number of carbonyl (C=O) groups is 1. The zero-order chi connectivity index (χ0) is 16.8. The highest BCUT2D eigenvalue weighted by molar-refractivity contribution is 5.94. The van der Waals surface area contributed by atoms with Gasteiger partial charge in [-0.25, -0.2) is 9.67 Å². The van der Waals surface area contributed by atoms with Crippen LogP contribution in [0.2, 0.25) is 0 Å². The van der Waals surface area contributed by atoms with Crippen LogP contribution in [0.3, 0.4) is 0 Å². The molecule has 1 saturated heterocycles. The van der Waals surface area contributed by atoms with E-state index in [2.05, 4.69) is 10.1 Å². The van der Waals surface area contributed by atoms with Crippen LogP contribution in [0.4, 0.5) is 0 Å². The zero-order valence-electron chi connectivity index (χ0n) is 13.8. The quantitative estimate of drug-likeness (QED) is 0.755. The first kappa shape index (κ1) is 16.4. The number of piperidine rings is 1. The van der Waals surface area contributed by atoms with Gasteiger partial charge in [-0.2, -0.15) is 5.10 Å². The Morgan fingerprint density at radius 2 is 2.12 bits per heavy atom. The molecule has 2 aromatic rings. The molecule has 1 aromatic heterocycles. The van der Waals surface area contributed by atoms with E-state index in [0.717, 1.165) is 25.1 Å². The molecular weight excluding hydrogens is 308 g/mol. The molecule has 3 rings (SSSR count). The van der Waals surface area contributed by atoms with Gasteiger partial charge in [0.1, 0.15) is 25.0 Å². The molecule has 0 bridgehead atoms. The van der Waals surface area contributed by atoms with Crippen molar-refractivity contribution in [1.82, 2.24) is 19.7 Å². The second kappa shape index (κ2) is 7.92. The van der Waals surface area contributed by atoms with E-state index in [4.69, 9.17) is 9.47 Å². The molecule has 1 amide bonds. The summed E-state index contributed by atoms with van der Waals surface area (Å²) in [7, 11) is 1.64. The van der Waals surface area contributed by atoms with E-state index < -0.39 is 0 Å². The summed E-state index contributed by atoms with van der Waals surface area (Å²) in [4.78, 5) is 18.6. The minimum Gasteiger partial charge on any atom is -0.491 e. The highest BCUT2D eigenvalue weighted by atomic mass is 16.5. The number of ether oxygens (including phenoxy) is 2. The Balaban J connectivity index is 1.61. The summed E-state index contributed by atoms with van der Waals surface area (Å²) >= 11 is 0. The number of amides is 1. The largest absolute Gasteiger partial charge is 0.491 e. The average Bonchev–Trinajstić information content (AvgIpc) is 3.17. The van der Waals surface area contributed by atoms with Gasteiger partial charge >= 0.3 is 0 Å². The van der Waals surface area contributed by atoms with Crippen LogP contribution in [0, 0.1) is 0 Å². The first-order valence-corrected chi connectivity index (χ1v) is 8.13. The molecule has 1 aromatic carbocycles. The fourth-order valence-electron chi connectivity index (χ4n) is 2.88. The molecule has 1 atom stereocenters. The van der Waals surface area contributed by atoms with Crippen molar-refractivity contribution < 1.29 is 14.3 Å². The average molecular weight is 330 g/mol. The van der Waals surface area contributed by atoms with Crippen molar-refractivity contribution in [2.75, 3.05) is 33.4 Å². The van der Waals surface area contributed by atoms with Gasteiger partial charge in [0, 0.05) is 25.8 Å². The van der Waals surface area contributed by atoms with E-state index in [-0.39, 0.29) is 11.9 Å². The third-order valence-electron chi connectivity index (χ3n) is 4.15. The van der Waals surface area contributed by atoms with Gasteiger partial charge in [-0.15, -0.1) is 0 Å². The maximum absolute atomic E-state index is 12.7. The van der Waals surface area contributed by atoms with Gasteiger partial charge in [0.15, 0.2) is 0 Å². The maximum Gasteiger partial charge on any atom is 0.253 e. The molecule has 0 unspecified atom stereocenters. The number of aromatic nitrogens is 3. The van der Waals surface area contributed by atoms with E-state index in [1.165, 1.54) is 6.33 Å². The van der Waals surface area contributed by atoms with Crippen molar-refractivity contribution in [2.45, 2.75) is 18.9 Å². The molecule has 1 fully saturated rings. The molecule has 0 aliphatic carbocycles. The summed E-state index contributed by atoms with van der Waals surface area (Å²) in [6.07, 6.45) is 5.22. The Labute approximate surface area is 141 Å². The van der Waals surface area contributed by atoms with Crippen LogP contribution in [0.25, 0.3) is 0 Å². The third kappa shape index (κ3) is 3.91. The Kier molecular flexibility index (Phi) is 5.43. The maximum atomic E-state index is 12.7. The minimum absolute atomic E-state index is 0.0447. The first-order valence-electron chi connectivity index (χ1n) is 8.13. The summed E-state index contributed by atoms with van der Waals surface area (Å²) in [5, 5.41) is 4.19. The Morgan fingerprint density at radius 3 is 2.83 bits per heavy atom. The number of likely N-dealkylation sites (tertiary alicyclic amines) is 1. The molecule has 0 N–H and O–H groups in total. The molecule has 24 heavy (non-hydrogen) atoms. The lowest BCUT2D eigenvalue weighted by molar-refractivity contribution is 0.0672. The van der Waals surface area contributed by atoms with Crippen LogP contribution in [0.15, 0.2) is 36.9 Å². The van der Waals surface area contributed by atoms with Crippen LogP contribution in [0.1, 0.15) is 29.2 Å². The monoisotopic (exact) mass is 330 g/mol. The molecule has 0 radical (unpaired) electrons. The molecule has 128 valence electrons. The third-order valence-corrected chi connectivity index (χ3v) is 4.15. The lowest BCUT2D eigenvalue weighted by atomic mass is 10.0. The van der Waals surface area contributed by atoms with E-state index in [9.17, 15) is 4.79 Å². The Bertz CT molecular complexity index is 642. The predicted octanol–water partition coefficient (Wildman–Crippen LogP) is 1.78. The molecule has 1 aliphatic heterocycles. The second-order valence-corrected chi connectivity index (χ2v) is 5.79. The van der Waals surface area contributed by atoms with Crippen LogP contribution in [0.5, 0.6) is 5.75 Å². The predicted molar refractivity (Wildman–Crippen MR) is 88.0 cm³/mol. The fraction of sp³-hybridized carbons (Fsp3) is 0.471. The van der Waals surface area contributed by atoms with Gasteiger partial charge in [-0.1, -0.05) is 0 Å². The van der Waals surface area contributed by atoms with Crippen LogP contribution in [-0.2, 0) is 4.74 Å². The number of hydrogen-bond acceptors (Lipinski definition) is 5. The lowest BCUT2D eigenvalue weighted by Crippen LogP contribution is -2.40. The van der Waals surface area contributed by atoms with Crippen molar-refractivity contribution in [2.24, 2.45) is 0 Å². The Morgan fingerprint density at radius 1 is 1.29 bits per heavy atom. The zero-order valence-corrected chi connectivity index (χ0v) is 13.8. The van der Waals surface area contributed by atoms with Crippen molar-refractivity contribution in [1.29, 1.82) is 0 Å². The highest BCUT2D eigenvalue weighted by Gasteiger charge is 2.25. The minimum atomic E-state index is 0.0447. The number of benzene rings is 1. The van der Waals surface area contributed by atoms with Gasteiger partial charge in [-0.05, 0) is 37.1 Å². The summed E-state index contributed by atoms with van der Waals surface area (Å²) in [6.45, 7) is 2.47. The molecule has 7 heteroatoms. The molecule has 0 spiro atoms. The van der Waals surface area contributed by atoms with Crippen LogP contribution < -0.4 is 4.74 Å². The van der Waals surface area contributed by atoms with E-state index in [0.29, 0.717) is 25.3 Å². The van der Waals surface area contributed by atoms with Crippen molar-refractivity contribution in [3.8, 4) is 5.75 Å². The SMILES string of the molecule is COCCOc1ccc(C(=O)N2CCC[C@H](n3cncn3)C2)cc1. The number of rotatable bonds is 6. The Hall–Kier alpha value is -2.41. The van der Waals surface area contributed by atoms with E-state index >= 15 is 0 Å². The number of carbonyl (C=O) groups excluding carboxylic acids is 1. The van der Waals surface area contributed by atoms with Crippen molar-refractivity contribution in [3.05, 3.63) is 42.5 Å². The van der Waals surface area contributed by atoms with Crippen molar-refractivity contribution in [3.63, 3.8) is 0 Å². The van der Waals surface area contributed by atoms with Crippen molar-refractivity contribution >= 4 is 5.91 Å². The molecular formula is C17H22N4O3. The molecule has 2 heterocycles. The normalized spacial score (nSPS) is 17.7. The summed E-state index contributed by atoms with van der Waals surface area (Å²) < 4.78 is 12.3. The van der Waals surface area contributed by atoms with Crippen LogP contribution in [-0.4, -0.2) is 59.0 Å². The van der Waals surface area contributed by atoms with Gasteiger partial charge in [0.05, 0.1) is 12.6 Å². The number of hydrogen-bond donors (Lipinski definition) is 0. The smallest absolute Gasteiger partial charge is 0.253 e. The van der Waals surface area contributed by atoms with Gasteiger partial charge in [0.25, 0.3) is 5.91 Å². The number of nitrogens with zero attached hydrogens (tertiary/aromatic N) is 4. The molecule has 7 nitrogen and oxygen atoms in total. The van der Waals surface area contributed by atoms with Gasteiger partial charge in [0.2, 0.25) is 0 Å². The summed E-state index contributed by atoms with van der Waals surface area (Å²) in [5.41, 5.74) is 0.674. The summed E-state index contributed by atoms with van der Waals surface area (Å²) in [6, 6.07) is 7.46. The fourth-order valence-corrected chi connectivity index (χ4v) is 2.88. The molecule has 1 aliphatic rings. The first-order chi connectivity index (χ1) is 11.8. The van der Waals surface area contributed by atoms with Gasteiger partial charge < -0.3 is 14.4 Å². The second-order valence-electron chi connectivity index (χ2n) is 5.79. The highest BCUT2D eigenvalue weighted by Crippen LogP contribution is 2.22. The lowest BCUT2D eigenvalue weighted by Gasteiger charge is -2.32. The molecule has 0 saturated carbocycles. The van der Waals surface area contributed by atoms with Gasteiger partial charge in [-0.3, -0.25) is 4.79 Å². The number of methoxy groups -OCH3 is 1. The standard InChI is InChI=1S/C17H22N4O3/c1-23-9-10-24-16-6-4-14(5-7-16)17(22)20-8-2-3-15(11-20)21-13-18-12-19-21/h4-7,12-13,15H,2-3,8-11H2,1H3/t15-/m0/s1. The van der Waals surface area contributed by atoms with Crippen LogP contribution >= 0.6 is 0 Å².